The van der Waals surface area contributed by atoms with Gasteiger partial charge in [-0.1, -0.05) is 38.5 Å². The number of rotatable bonds is 6. The molecule has 0 aliphatic heterocycles. The zero-order valence-corrected chi connectivity index (χ0v) is 12.1. The Morgan fingerprint density at radius 1 is 1.37 bits per heavy atom. The van der Waals surface area contributed by atoms with Gasteiger partial charge in [0.15, 0.2) is 0 Å². The summed E-state index contributed by atoms with van der Waals surface area (Å²) in [4.78, 5) is 0. The summed E-state index contributed by atoms with van der Waals surface area (Å²) in [5.74, 6) is 6.60. The van der Waals surface area contributed by atoms with Crippen LogP contribution in [0.1, 0.15) is 57.1 Å². The number of nitrogens with zero attached hydrogens (tertiary/aromatic N) is 2. The van der Waals surface area contributed by atoms with Crippen LogP contribution in [0.2, 0.25) is 0 Å². The molecule has 0 radical (unpaired) electrons. The van der Waals surface area contributed by atoms with Gasteiger partial charge in [-0.2, -0.15) is 5.10 Å². The second kappa shape index (κ2) is 7.65. The van der Waals surface area contributed by atoms with Crippen LogP contribution in [-0.2, 0) is 13.5 Å². The van der Waals surface area contributed by atoms with Gasteiger partial charge in [0.05, 0.1) is 0 Å². The number of hydrazine groups is 1. The van der Waals surface area contributed by atoms with Crippen molar-refractivity contribution < 1.29 is 0 Å². The second-order valence-electron chi connectivity index (χ2n) is 5.94. The van der Waals surface area contributed by atoms with Gasteiger partial charge in [-0.25, -0.2) is 0 Å². The lowest BCUT2D eigenvalue weighted by Crippen LogP contribution is -2.37. The van der Waals surface area contributed by atoms with Gasteiger partial charge in [-0.05, 0) is 31.2 Å². The predicted octanol–water partition coefficient (Wildman–Crippen LogP) is 2.55. The second-order valence-corrected chi connectivity index (χ2v) is 5.94. The van der Waals surface area contributed by atoms with Crippen molar-refractivity contribution in [1.82, 2.24) is 15.2 Å². The highest BCUT2D eigenvalue weighted by molar-refractivity contribution is 5.00. The van der Waals surface area contributed by atoms with Crippen LogP contribution >= 0.6 is 0 Å². The molecule has 1 aromatic rings. The highest BCUT2D eigenvalue weighted by Gasteiger charge is 2.17. The fourth-order valence-electron chi connectivity index (χ4n) is 3.24. The van der Waals surface area contributed by atoms with Crippen molar-refractivity contribution in [3.8, 4) is 0 Å². The van der Waals surface area contributed by atoms with Crippen LogP contribution in [0, 0.1) is 5.92 Å². The SMILES string of the molecule is Cn1nccc1CCC(CC1CCCCCC1)NN. The van der Waals surface area contributed by atoms with E-state index in [4.69, 9.17) is 5.84 Å². The summed E-state index contributed by atoms with van der Waals surface area (Å²) >= 11 is 0. The number of aromatic nitrogens is 2. The maximum Gasteiger partial charge on any atom is 0.0492 e. The summed E-state index contributed by atoms with van der Waals surface area (Å²) in [6, 6.07) is 2.54. The Hall–Kier alpha value is -0.870. The van der Waals surface area contributed by atoms with Gasteiger partial charge in [0.25, 0.3) is 0 Å². The molecule has 1 saturated carbocycles. The standard InChI is InChI=1S/C15H28N4/c1-19-15(10-11-17-19)9-8-14(18-16)12-13-6-4-2-3-5-7-13/h10-11,13-14,18H,2-9,12,16H2,1H3. The van der Waals surface area contributed by atoms with Crippen molar-refractivity contribution in [2.45, 2.75) is 63.8 Å². The minimum atomic E-state index is 0.443. The molecule has 108 valence electrons. The lowest BCUT2D eigenvalue weighted by atomic mass is 9.91. The average molecular weight is 264 g/mol. The summed E-state index contributed by atoms with van der Waals surface area (Å²) < 4.78 is 1.96. The van der Waals surface area contributed by atoms with E-state index in [0.29, 0.717) is 6.04 Å². The van der Waals surface area contributed by atoms with Crippen molar-refractivity contribution in [2.24, 2.45) is 18.8 Å². The van der Waals surface area contributed by atoms with Crippen LogP contribution in [0.25, 0.3) is 0 Å². The Kier molecular flexibility index (Phi) is 5.86. The smallest absolute Gasteiger partial charge is 0.0492 e. The molecular weight excluding hydrogens is 236 g/mol. The molecule has 3 N–H and O–H groups in total. The highest BCUT2D eigenvalue weighted by Crippen LogP contribution is 2.27. The molecule has 1 unspecified atom stereocenters. The number of nitrogens with two attached hydrogens (primary N) is 1. The molecule has 1 fully saturated rings. The molecule has 0 amide bonds. The molecule has 1 aromatic heterocycles. The fourth-order valence-corrected chi connectivity index (χ4v) is 3.24. The van der Waals surface area contributed by atoms with Crippen LogP contribution in [0.3, 0.4) is 0 Å². The van der Waals surface area contributed by atoms with Crippen LogP contribution in [0.5, 0.6) is 0 Å². The summed E-state index contributed by atoms with van der Waals surface area (Å²) in [7, 11) is 2.01. The number of aryl methyl sites for hydroxylation is 2. The minimum Gasteiger partial charge on any atom is -0.273 e. The first-order valence-corrected chi connectivity index (χ1v) is 7.72. The molecule has 1 atom stereocenters. The van der Waals surface area contributed by atoms with E-state index < -0.39 is 0 Å². The zero-order valence-electron chi connectivity index (χ0n) is 12.1. The molecule has 0 saturated heterocycles. The van der Waals surface area contributed by atoms with Gasteiger partial charge in [0, 0.05) is 25.0 Å². The summed E-state index contributed by atoms with van der Waals surface area (Å²) in [5, 5.41) is 4.21. The van der Waals surface area contributed by atoms with Gasteiger partial charge in [-0.3, -0.25) is 16.0 Å². The van der Waals surface area contributed by atoms with E-state index in [1.165, 1.54) is 50.6 Å². The molecule has 19 heavy (non-hydrogen) atoms. The maximum atomic E-state index is 5.73. The van der Waals surface area contributed by atoms with Crippen LogP contribution in [0.15, 0.2) is 12.3 Å². The molecule has 4 heteroatoms. The van der Waals surface area contributed by atoms with Gasteiger partial charge in [-0.15, -0.1) is 0 Å². The molecule has 4 nitrogen and oxygen atoms in total. The van der Waals surface area contributed by atoms with E-state index in [9.17, 15) is 0 Å². The molecule has 0 aromatic carbocycles. The van der Waals surface area contributed by atoms with Gasteiger partial charge in [0.1, 0.15) is 0 Å². The highest BCUT2D eigenvalue weighted by atomic mass is 15.3. The first-order chi connectivity index (χ1) is 9.29. The Balaban J connectivity index is 1.77. The van der Waals surface area contributed by atoms with Crippen molar-refractivity contribution in [3.63, 3.8) is 0 Å². The fraction of sp³-hybridized carbons (Fsp3) is 0.800. The van der Waals surface area contributed by atoms with Gasteiger partial charge >= 0.3 is 0 Å². The van der Waals surface area contributed by atoms with Crippen molar-refractivity contribution in [1.29, 1.82) is 0 Å². The Morgan fingerprint density at radius 2 is 2.11 bits per heavy atom. The van der Waals surface area contributed by atoms with E-state index in [-0.39, 0.29) is 0 Å². The summed E-state index contributed by atoms with van der Waals surface area (Å²) in [6.07, 6.45) is 13.7. The normalized spacial score (nSPS) is 19.3. The molecule has 0 spiro atoms. The third-order valence-corrected chi connectivity index (χ3v) is 4.50. The topological polar surface area (TPSA) is 55.9 Å². The lowest BCUT2D eigenvalue weighted by molar-refractivity contribution is 0.340. The Morgan fingerprint density at radius 3 is 2.68 bits per heavy atom. The third kappa shape index (κ3) is 4.62. The lowest BCUT2D eigenvalue weighted by Gasteiger charge is -2.22. The van der Waals surface area contributed by atoms with Crippen LogP contribution < -0.4 is 11.3 Å². The number of nitrogens with one attached hydrogen (secondary N) is 1. The van der Waals surface area contributed by atoms with E-state index in [1.54, 1.807) is 0 Å². The average Bonchev–Trinajstić information content (AvgIpc) is 2.66. The van der Waals surface area contributed by atoms with Crippen LogP contribution in [0.4, 0.5) is 0 Å². The molecule has 1 aliphatic rings. The summed E-state index contributed by atoms with van der Waals surface area (Å²) in [6.45, 7) is 0. The first-order valence-electron chi connectivity index (χ1n) is 7.72. The first kappa shape index (κ1) is 14.5. The van der Waals surface area contributed by atoms with E-state index in [1.807, 2.05) is 17.9 Å². The molecular formula is C15H28N4. The van der Waals surface area contributed by atoms with Crippen LogP contribution in [-0.4, -0.2) is 15.8 Å². The molecule has 1 aliphatic carbocycles. The summed E-state index contributed by atoms with van der Waals surface area (Å²) in [5.41, 5.74) is 4.31. The van der Waals surface area contributed by atoms with Gasteiger partial charge in [0.2, 0.25) is 0 Å². The van der Waals surface area contributed by atoms with Gasteiger partial charge < -0.3 is 0 Å². The maximum absolute atomic E-state index is 5.73. The molecule has 0 bridgehead atoms. The number of hydrogen-bond acceptors (Lipinski definition) is 3. The van der Waals surface area contributed by atoms with Crippen molar-refractivity contribution in [3.05, 3.63) is 18.0 Å². The van der Waals surface area contributed by atoms with Crippen molar-refractivity contribution in [2.75, 3.05) is 0 Å². The largest absolute Gasteiger partial charge is 0.273 e. The quantitative estimate of drug-likeness (QED) is 0.471. The van der Waals surface area contributed by atoms with E-state index >= 15 is 0 Å². The monoisotopic (exact) mass is 264 g/mol. The zero-order chi connectivity index (χ0) is 13.5. The predicted molar refractivity (Wildman–Crippen MR) is 78.4 cm³/mol. The Labute approximate surface area is 116 Å². The third-order valence-electron chi connectivity index (χ3n) is 4.50. The van der Waals surface area contributed by atoms with Crippen molar-refractivity contribution >= 4 is 0 Å². The molecule has 1 heterocycles. The van der Waals surface area contributed by atoms with E-state index in [0.717, 1.165) is 18.8 Å². The number of hydrogen-bond donors (Lipinski definition) is 2. The minimum absolute atomic E-state index is 0.443. The van der Waals surface area contributed by atoms with E-state index in [2.05, 4.69) is 16.6 Å². The Bertz CT molecular complexity index is 353. The molecule has 2 rings (SSSR count).